The molecule has 0 aromatic heterocycles. The second-order valence-electron chi connectivity index (χ2n) is 3.86. The number of ether oxygens (including phenoxy) is 1. The largest absolute Gasteiger partial charge is 0.454 e. The molecule has 0 bridgehead atoms. The fourth-order valence-corrected chi connectivity index (χ4v) is 1.93. The van der Waals surface area contributed by atoms with Crippen molar-refractivity contribution in [3.8, 4) is 11.5 Å². The molecule has 4 nitrogen and oxygen atoms in total. The summed E-state index contributed by atoms with van der Waals surface area (Å²) in [6.07, 6.45) is 0. The van der Waals surface area contributed by atoms with Crippen molar-refractivity contribution in [3.05, 3.63) is 62.1 Å². The van der Waals surface area contributed by atoms with E-state index < -0.39 is 4.92 Å². The summed E-state index contributed by atoms with van der Waals surface area (Å²) in [5.41, 5.74) is 0.830. The first-order valence-electron chi connectivity index (χ1n) is 5.36. The van der Waals surface area contributed by atoms with E-state index in [1.807, 2.05) is 6.92 Å². The molecule has 2 rings (SSSR count). The quantitative estimate of drug-likeness (QED) is 0.591. The molecule has 98 valence electrons. The zero-order valence-corrected chi connectivity index (χ0v) is 11.4. The number of hydrogen-bond donors (Lipinski definition) is 0. The van der Waals surface area contributed by atoms with Crippen molar-refractivity contribution in [2.24, 2.45) is 0 Å². The maximum atomic E-state index is 10.5. The first-order chi connectivity index (χ1) is 8.99. The summed E-state index contributed by atoms with van der Waals surface area (Å²) < 4.78 is 5.57. The Morgan fingerprint density at radius 3 is 2.32 bits per heavy atom. The van der Waals surface area contributed by atoms with Gasteiger partial charge in [0.25, 0.3) is 5.69 Å². The van der Waals surface area contributed by atoms with Gasteiger partial charge in [0.2, 0.25) is 0 Å². The molecule has 0 aliphatic heterocycles. The van der Waals surface area contributed by atoms with E-state index in [0.29, 0.717) is 21.5 Å². The topological polar surface area (TPSA) is 52.4 Å². The molecule has 0 aliphatic carbocycles. The minimum atomic E-state index is -0.476. The first-order valence-corrected chi connectivity index (χ1v) is 6.11. The molecule has 0 heterocycles. The molecule has 19 heavy (non-hydrogen) atoms. The lowest BCUT2D eigenvalue weighted by molar-refractivity contribution is -0.384. The summed E-state index contributed by atoms with van der Waals surface area (Å²) in [6.45, 7) is 1.83. The lowest BCUT2D eigenvalue weighted by atomic mass is 10.2. The van der Waals surface area contributed by atoms with Crippen LogP contribution in [0.4, 0.5) is 5.69 Å². The normalized spacial score (nSPS) is 10.3. The van der Waals surface area contributed by atoms with Gasteiger partial charge in [0.05, 0.1) is 15.0 Å². The number of aryl methyl sites for hydroxylation is 1. The van der Waals surface area contributed by atoms with E-state index in [2.05, 4.69) is 0 Å². The van der Waals surface area contributed by atoms with Gasteiger partial charge in [-0.05, 0) is 30.7 Å². The van der Waals surface area contributed by atoms with Gasteiger partial charge < -0.3 is 4.74 Å². The van der Waals surface area contributed by atoms with Crippen LogP contribution in [0.1, 0.15) is 5.56 Å². The Morgan fingerprint density at radius 2 is 1.74 bits per heavy atom. The number of non-ortho nitro benzene ring substituents is 1. The van der Waals surface area contributed by atoms with Gasteiger partial charge >= 0.3 is 0 Å². The van der Waals surface area contributed by atoms with Crippen LogP contribution in [0.15, 0.2) is 36.4 Å². The molecule has 0 saturated heterocycles. The highest BCUT2D eigenvalue weighted by molar-refractivity contribution is 6.37. The average molecular weight is 298 g/mol. The van der Waals surface area contributed by atoms with Gasteiger partial charge in [0, 0.05) is 12.1 Å². The maximum absolute atomic E-state index is 10.5. The third kappa shape index (κ3) is 2.97. The second kappa shape index (κ2) is 5.47. The average Bonchev–Trinajstić information content (AvgIpc) is 2.40. The zero-order valence-electron chi connectivity index (χ0n) is 9.89. The van der Waals surface area contributed by atoms with Crippen molar-refractivity contribution in [3.63, 3.8) is 0 Å². The number of benzene rings is 2. The van der Waals surface area contributed by atoms with Crippen LogP contribution in [0.5, 0.6) is 11.5 Å². The summed E-state index contributed by atoms with van der Waals surface area (Å²) in [6, 6.07) is 9.16. The Bertz CT molecular complexity index is 627. The molecule has 6 heteroatoms. The van der Waals surface area contributed by atoms with Gasteiger partial charge in [-0.2, -0.15) is 0 Å². The molecule has 0 unspecified atom stereocenters. The number of nitro groups is 1. The summed E-state index contributed by atoms with van der Waals surface area (Å²) in [4.78, 5) is 10.1. The van der Waals surface area contributed by atoms with Gasteiger partial charge in [-0.1, -0.05) is 29.3 Å². The molecule has 0 N–H and O–H groups in total. The van der Waals surface area contributed by atoms with E-state index in [9.17, 15) is 10.1 Å². The Kier molecular flexibility index (Phi) is 3.93. The van der Waals surface area contributed by atoms with Crippen molar-refractivity contribution in [1.82, 2.24) is 0 Å². The van der Waals surface area contributed by atoms with Crippen LogP contribution in [0.2, 0.25) is 10.0 Å². The molecule has 0 atom stereocenters. The van der Waals surface area contributed by atoms with Gasteiger partial charge in [0.1, 0.15) is 5.75 Å². The molecular formula is C13H9Cl2NO3. The molecule has 0 amide bonds. The molecule has 0 aliphatic rings. The monoisotopic (exact) mass is 297 g/mol. The van der Waals surface area contributed by atoms with Crippen LogP contribution in [-0.2, 0) is 0 Å². The van der Waals surface area contributed by atoms with Crippen molar-refractivity contribution in [1.29, 1.82) is 0 Å². The van der Waals surface area contributed by atoms with E-state index in [-0.39, 0.29) is 5.69 Å². The first kappa shape index (κ1) is 13.6. The van der Waals surface area contributed by atoms with Gasteiger partial charge in [-0.3, -0.25) is 10.1 Å². The summed E-state index contributed by atoms with van der Waals surface area (Å²) in [5.74, 6) is 0.775. The Morgan fingerprint density at radius 1 is 1.11 bits per heavy atom. The van der Waals surface area contributed by atoms with E-state index in [0.717, 1.165) is 5.56 Å². The molecular weight excluding hydrogens is 289 g/mol. The van der Waals surface area contributed by atoms with Gasteiger partial charge in [-0.15, -0.1) is 0 Å². The summed E-state index contributed by atoms with van der Waals surface area (Å²) in [5, 5.41) is 11.4. The Labute approximate surface area is 119 Å². The SMILES string of the molecule is Cc1ccc(Cl)c(Oc2ccc([N+](=O)[O-])cc2)c1Cl. The Hall–Kier alpha value is -1.78. The highest BCUT2D eigenvalue weighted by Gasteiger charge is 2.12. The number of halogens is 2. The number of nitro benzene ring substituents is 1. The van der Waals surface area contributed by atoms with Crippen LogP contribution < -0.4 is 4.74 Å². The van der Waals surface area contributed by atoms with Crippen molar-refractivity contribution in [2.75, 3.05) is 0 Å². The third-order valence-corrected chi connectivity index (χ3v) is 3.28. The van der Waals surface area contributed by atoms with Crippen LogP contribution in [-0.4, -0.2) is 4.92 Å². The maximum Gasteiger partial charge on any atom is 0.269 e. The van der Waals surface area contributed by atoms with E-state index in [1.165, 1.54) is 24.3 Å². The minimum absolute atomic E-state index is 0.00575. The fraction of sp³-hybridized carbons (Fsp3) is 0.0769. The van der Waals surface area contributed by atoms with Crippen LogP contribution >= 0.6 is 23.2 Å². The van der Waals surface area contributed by atoms with Crippen LogP contribution in [0.3, 0.4) is 0 Å². The molecule has 0 saturated carbocycles. The van der Waals surface area contributed by atoms with E-state index in [1.54, 1.807) is 12.1 Å². The predicted octanol–water partition coefficient (Wildman–Crippen LogP) is 5.00. The standard InChI is InChI=1S/C13H9Cl2NO3/c1-8-2-7-11(14)13(12(8)15)19-10-5-3-9(4-6-10)16(17)18/h2-7H,1H3. The smallest absolute Gasteiger partial charge is 0.269 e. The summed E-state index contributed by atoms with van der Waals surface area (Å²) >= 11 is 12.1. The predicted molar refractivity (Wildman–Crippen MR) is 74.4 cm³/mol. The molecule has 2 aromatic carbocycles. The summed E-state index contributed by atoms with van der Waals surface area (Å²) in [7, 11) is 0. The minimum Gasteiger partial charge on any atom is -0.454 e. The number of nitrogens with zero attached hydrogens (tertiary/aromatic N) is 1. The van der Waals surface area contributed by atoms with E-state index in [4.69, 9.17) is 27.9 Å². The lowest BCUT2D eigenvalue weighted by Gasteiger charge is -2.10. The fourth-order valence-electron chi connectivity index (χ4n) is 1.48. The van der Waals surface area contributed by atoms with Crippen LogP contribution in [0.25, 0.3) is 0 Å². The van der Waals surface area contributed by atoms with Crippen molar-refractivity contribution in [2.45, 2.75) is 6.92 Å². The highest BCUT2D eigenvalue weighted by atomic mass is 35.5. The molecule has 2 aromatic rings. The van der Waals surface area contributed by atoms with Gasteiger partial charge in [-0.25, -0.2) is 0 Å². The van der Waals surface area contributed by atoms with Crippen molar-refractivity contribution < 1.29 is 9.66 Å². The number of hydrogen-bond acceptors (Lipinski definition) is 3. The lowest BCUT2D eigenvalue weighted by Crippen LogP contribution is -1.90. The van der Waals surface area contributed by atoms with E-state index >= 15 is 0 Å². The molecule has 0 spiro atoms. The number of rotatable bonds is 3. The molecule has 0 fully saturated rings. The zero-order chi connectivity index (χ0) is 14.0. The van der Waals surface area contributed by atoms with Crippen molar-refractivity contribution >= 4 is 28.9 Å². The highest BCUT2D eigenvalue weighted by Crippen LogP contribution is 2.38. The third-order valence-electron chi connectivity index (χ3n) is 2.51. The Balaban J connectivity index is 2.31. The molecule has 0 radical (unpaired) electrons. The van der Waals surface area contributed by atoms with Crippen LogP contribution in [0, 0.1) is 17.0 Å². The second-order valence-corrected chi connectivity index (χ2v) is 4.65. The van der Waals surface area contributed by atoms with Gasteiger partial charge in [0.15, 0.2) is 5.75 Å².